The Morgan fingerprint density at radius 2 is 2.29 bits per heavy atom. The van der Waals surface area contributed by atoms with Gasteiger partial charge in [-0.05, 0) is 24.7 Å². The number of halogens is 2. The highest BCUT2D eigenvalue weighted by molar-refractivity contribution is 9.10. The van der Waals surface area contributed by atoms with Crippen LogP contribution >= 0.6 is 15.9 Å². The fourth-order valence-corrected chi connectivity index (χ4v) is 1.28. The molecule has 74 valence electrons. The molecule has 0 radical (unpaired) electrons. The molecule has 0 aromatic heterocycles. The second kappa shape index (κ2) is 5.79. The normalized spacial score (nSPS) is 9.36. The number of hydrogen-bond donors (Lipinski definition) is 1. The Morgan fingerprint density at radius 3 is 3.00 bits per heavy atom. The summed E-state index contributed by atoms with van der Waals surface area (Å²) in [4.78, 5) is 0. The molecule has 0 amide bonds. The summed E-state index contributed by atoms with van der Waals surface area (Å²) in [7, 11) is 0. The molecule has 0 bridgehead atoms. The Balaban J connectivity index is 2.73. The summed E-state index contributed by atoms with van der Waals surface area (Å²) >= 11 is 3.27. The van der Waals surface area contributed by atoms with Gasteiger partial charge in [-0.3, -0.25) is 0 Å². The van der Waals surface area contributed by atoms with Gasteiger partial charge in [0.05, 0.1) is 12.1 Å². The summed E-state index contributed by atoms with van der Waals surface area (Å²) in [5, 5.41) is 3.04. The first-order valence-corrected chi connectivity index (χ1v) is 5.18. The zero-order chi connectivity index (χ0) is 10.4. The minimum atomic E-state index is -0.280. The predicted molar refractivity (Wildman–Crippen MR) is 59.5 cm³/mol. The first-order valence-electron chi connectivity index (χ1n) is 4.38. The molecule has 1 nitrogen and oxygen atoms in total. The van der Waals surface area contributed by atoms with Crippen LogP contribution in [0.15, 0.2) is 22.7 Å². The quantitative estimate of drug-likeness (QED) is 0.633. The fourth-order valence-electron chi connectivity index (χ4n) is 0.920. The van der Waals surface area contributed by atoms with E-state index in [4.69, 9.17) is 0 Å². The average molecular weight is 256 g/mol. The number of rotatable bonds is 2. The molecule has 0 aliphatic heterocycles. The second-order valence-electron chi connectivity index (χ2n) is 2.71. The lowest BCUT2D eigenvalue weighted by molar-refractivity contribution is 0.624. The van der Waals surface area contributed by atoms with E-state index in [0.29, 0.717) is 12.1 Å². The third kappa shape index (κ3) is 3.49. The van der Waals surface area contributed by atoms with Crippen LogP contribution in [0, 0.1) is 17.7 Å². The fraction of sp³-hybridized carbons (Fsp3) is 0.273. The van der Waals surface area contributed by atoms with E-state index in [9.17, 15) is 4.39 Å². The molecule has 0 unspecified atom stereocenters. The van der Waals surface area contributed by atoms with Crippen LogP contribution in [-0.2, 0) is 0 Å². The average Bonchev–Trinajstić information content (AvgIpc) is 2.18. The Bertz CT molecular complexity index is 365. The van der Waals surface area contributed by atoms with Gasteiger partial charge in [-0.25, -0.2) is 4.39 Å². The summed E-state index contributed by atoms with van der Waals surface area (Å²) in [6.45, 7) is 3.46. The van der Waals surface area contributed by atoms with Crippen LogP contribution in [0.2, 0.25) is 0 Å². The van der Waals surface area contributed by atoms with Crippen molar-refractivity contribution in [2.45, 2.75) is 6.92 Å². The molecule has 1 aromatic carbocycles. The van der Waals surface area contributed by atoms with Crippen molar-refractivity contribution in [2.75, 3.05) is 13.1 Å². The second-order valence-corrected chi connectivity index (χ2v) is 3.62. The van der Waals surface area contributed by atoms with E-state index in [1.54, 1.807) is 12.1 Å². The number of benzene rings is 1. The molecule has 0 heterocycles. The van der Waals surface area contributed by atoms with Gasteiger partial charge >= 0.3 is 0 Å². The third-order valence-corrected chi connectivity index (χ3v) is 2.11. The van der Waals surface area contributed by atoms with E-state index < -0.39 is 0 Å². The van der Waals surface area contributed by atoms with Gasteiger partial charge in [0.1, 0.15) is 5.82 Å². The topological polar surface area (TPSA) is 12.0 Å². The molecule has 0 aliphatic carbocycles. The van der Waals surface area contributed by atoms with E-state index in [-0.39, 0.29) is 5.82 Å². The number of nitrogens with one attached hydrogen (secondary N) is 1. The van der Waals surface area contributed by atoms with Crippen LogP contribution in [0.5, 0.6) is 0 Å². The van der Waals surface area contributed by atoms with Crippen molar-refractivity contribution < 1.29 is 4.39 Å². The summed E-state index contributed by atoms with van der Waals surface area (Å²) in [5.41, 5.74) is 0.428. The minimum Gasteiger partial charge on any atom is -0.306 e. The molecule has 0 spiro atoms. The largest absolute Gasteiger partial charge is 0.306 e. The maximum atomic E-state index is 13.1. The van der Waals surface area contributed by atoms with Gasteiger partial charge in [-0.15, -0.1) is 0 Å². The molecule has 1 aromatic rings. The van der Waals surface area contributed by atoms with Crippen molar-refractivity contribution in [1.82, 2.24) is 5.32 Å². The lowest BCUT2D eigenvalue weighted by Gasteiger charge is -1.95. The minimum absolute atomic E-state index is 0.280. The zero-order valence-corrected chi connectivity index (χ0v) is 9.49. The van der Waals surface area contributed by atoms with E-state index in [1.165, 1.54) is 6.07 Å². The molecule has 1 rings (SSSR count). The van der Waals surface area contributed by atoms with Gasteiger partial charge in [-0.1, -0.05) is 34.7 Å². The maximum Gasteiger partial charge on any atom is 0.138 e. The van der Waals surface area contributed by atoms with E-state index >= 15 is 0 Å². The first kappa shape index (κ1) is 11.2. The van der Waals surface area contributed by atoms with E-state index in [2.05, 4.69) is 33.1 Å². The maximum absolute atomic E-state index is 13.1. The molecule has 0 atom stereocenters. The molecular formula is C11H11BrFN. The predicted octanol–water partition coefficient (Wildman–Crippen LogP) is 2.55. The van der Waals surface area contributed by atoms with E-state index in [1.807, 2.05) is 6.92 Å². The molecule has 3 heteroatoms. The SMILES string of the molecule is CCNCC#Cc1cc(Br)ccc1F. The Labute approximate surface area is 91.8 Å². The summed E-state index contributed by atoms with van der Waals surface area (Å²) < 4.78 is 14.0. The van der Waals surface area contributed by atoms with Crippen LogP contribution in [0.1, 0.15) is 12.5 Å². The van der Waals surface area contributed by atoms with Crippen molar-refractivity contribution in [1.29, 1.82) is 0 Å². The Morgan fingerprint density at radius 1 is 1.50 bits per heavy atom. The van der Waals surface area contributed by atoms with Crippen molar-refractivity contribution in [3.8, 4) is 11.8 Å². The molecule has 1 N–H and O–H groups in total. The van der Waals surface area contributed by atoms with Gasteiger partial charge < -0.3 is 5.32 Å². The van der Waals surface area contributed by atoms with Crippen LogP contribution in [0.25, 0.3) is 0 Å². The Kier molecular flexibility index (Phi) is 4.64. The van der Waals surface area contributed by atoms with Crippen LogP contribution in [0.4, 0.5) is 4.39 Å². The molecule has 0 saturated heterocycles. The highest BCUT2D eigenvalue weighted by Gasteiger charge is 1.97. The van der Waals surface area contributed by atoms with Gasteiger partial charge in [0, 0.05) is 4.47 Å². The van der Waals surface area contributed by atoms with Crippen LogP contribution in [-0.4, -0.2) is 13.1 Å². The lowest BCUT2D eigenvalue weighted by atomic mass is 10.2. The summed E-state index contributed by atoms with van der Waals surface area (Å²) in [6.07, 6.45) is 0. The van der Waals surface area contributed by atoms with Crippen LogP contribution in [0.3, 0.4) is 0 Å². The summed E-state index contributed by atoms with van der Waals surface area (Å²) in [5.74, 6) is 5.34. The van der Waals surface area contributed by atoms with Crippen molar-refractivity contribution >= 4 is 15.9 Å². The highest BCUT2D eigenvalue weighted by atomic mass is 79.9. The molecule has 0 fully saturated rings. The van der Waals surface area contributed by atoms with Gasteiger partial charge in [0.15, 0.2) is 0 Å². The van der Waals surface area contributed by atoms with Gasteiger partial charge in [-0.2, -0.15) is 0 Å². The molecule has 14 heavy (non-hydrogen) atoms. The van der Waals surface area contributed by atoms with Crippen LogP contribution < -0.4 is 5.32 Å². The lowest BCUT2D eigenvalue weighted by Crippen LogP contribution is -2.11. The van der Waals surface area contributed by atoms with Gasteiger partial charge in [0.2, 0.25) is 0 Å². The number of hydrogen-bond acceptors (Lipinski definition) is 1. The monoisotopic (exact) mass is 255 g/mol. The molecule has 0 saturated carbocycles. The zero-order valence-electron chi connectivity index (χ0n) is 7.90. The molecule has 0 aliphatic rings. The standard InChI is InChI=1S/C11H11BrFN/c1-2-14-7-3-4-9-8-10(12)5-6-11(9)13/h5-6,8,14H,2,7H2,1H3. The van der Waals surface area contributed by atoms with Crippen molar-refractivity contribution in [3.05, 3.63) is 34.1 Å². The molecular weight excluding hydrogens is 245 g/mol. The van der Waals surface area contributed by atoms with E-state index in [0.717, 1.165) is 11.0 Å². The first-order chi connectivity index (χ1) is 6.74. The Hall–Kier alpha value is -0.850. The smallest absolute Gasteiger partial charge is 0.138 e. The third-order valence-electron chi connectivity index (χ3n) is 1.61. The summed E-state index contributed by atoms with van der Waals surface area (Å²) in [6, 6.07) is 4.74. The highest BCUT2D eigenvalue weighted by Crippen LogP contribution is 2.14. The van der Waals surface area contributed by atoms with Crippen molar-refractivity contribution in [3.63, 3.8) is 0 Å². The van der Waals surface area contributed by atoms with Gasteiger partial charge in [0.25, 0.3) is 0 Å². The van der Waals surface area contributed by atoms with Crippen molar-refractivity contribution in [2.24, 2.45) is 0 Å².